The van der Waals surface area contributed by atoms with Gasteiger partial charge in [-0.1, -0.05) is 19.8 Å². The first-order chi connectivity index (χ1) is 6.34. The molecule has 3 nitrogen and oxygen atoms in total. The molecule has 0 N–H and O–H groups in total. The van der Waals surface area contributed by atoms with Crippen molar-refractivity contribution in [3.8, 4) is 0 Å². The number of hydrogen-bond donors (Lipinski definition) is 0. The Morgan fingerprint density at radius 2 is 2.00 bits per heavy atom. The van der Waals surface area contributed by atoms with Gasteiger partial charge in [-0.15, -0.1) is 0 Å². The topological polar surface area (TPSA) is 32.4 Å². The second-order valence-corrected chi connectivity index (χ2v) is 3.60. The van der Waals surface area contributed by atoms with Gasteiger partial charge in [0.2, 0.25) is 0 Å². The standard InChI is InChI=1S/C10H20NO2/c1-2-3-4-5-10(12)11-6-8-13-9-7-11/h10H,2-9H2,1H3. The summed E-state index contributed by atoms with van der Waals surface area (Å²) in [4.78, 5) is 2.00. The fourth-order valence-electron chi connectivity index (χ4n) is 1.62. The Morgan fingerprint density at radius 3 is 2.62 bits per heavy atom. The molecule has 1 fully saturated rings. The van der Waals surface area contributed by atoms with E-state index in [1.54, 1.807) is 0 Å². The number of hydrogen-bond acceptors (Lipinski definition) is 2. The van der Waals surface area contributed by atoms with E-state index >= 15 is 0 Å². The maximum absolute atomic E-state index is 11.6. The van der Waals surface area contributed by atoms with E-state index in [1.165, 1.54) is 12.8 Å². The predicted octanol–water partition coefficient (Wildman–Crippen LogP) is 1.66. The lowest BCUT2D eigenvalue weighted by Crippen LogP contribution is -2.42. The quantitative estimate of drug-likeness (QED) is 0.612. The SMILES string of the molecule is CCCCCC([O])N1CCOCC1. The molecule has 1 aliphatic rings. The molecule has 13 heavy (non-hydrogen) atoms. The molecule has 0 bridgehead atoms. The van der Waals surface area contributed by atoms with Crippen LogP contribution >= 0.6 is 0 Å². The third kappa shape index (κ3) is 4.07. The van der Waals surface area contributed by atoms with E-state index in [-0.39, 0.29) is 0 Å². The Labute approximate surface area is 80.7 Å². The van der Waals surface area contributed by atoms with Crippen molar-refractivity contribution in [2.24, 2.45) is 0 Å². The Balaban J connectivity index is 2.09. The van der Waals surface area contributed by atoms with Crippen LogP contribution in [0.1, 0.15) is 32.6 Å². The molecule has 1 radical (unpaired) electrons. The molecule has 3 heteroatoms. The van der Waals surface area contributed by atoms with Gasteiger partial charge in [0.25, 0.3) is 0 Å². The van der Waals surface area contributed by atoms with Crippen LogP contribution in [0.3, 0.4) is 0 Å². The summed E-state index contributed by atoms with van der Waals surface area (Å²) in [7, 11) is 0. The number of unbranched alkanes of at least 4 members (excludes halogenated alkanes) is 2. The van der Waals surface area contributed by atoms with Gasteiger partial charge in [-0.3, -0.25) is 4.90 Å². The fraction of sp³-hybridized carbons (Fsp3) is 1.00. The Morgan fingerprint density at radius 1 is 1.31 bits per heavy atom. The summed E-state index contributed by atoms with van der Waals surface area (Å²) < 4.78 is 5.19. The molecular weight excluding hydrogens is 166 g/mol. The maximum atomic E-state index is 11.6. The first-order valence-corrected chi connectivity index (χ1v) is 5.32. The summed E-state index contributed by atoms with van der Waals surface area (Å²) in [5.41, 5.74) is 0. The third-order valence-electron chi connectivity index (χ3n) is 2.51. The van der Waals surface area contributed by atoms with Crippen molar-refractivity contribution in [2.45, 2.75) is 38.8 Å². The van der Waals surface area contributed by atoms with E-state index in [4.69, 9.17) is 4.74 Å². The first kappa shape index (κ1) is 11.0. The summed E-state index contributed by atoms with van der Waals surface area (Å²) in [6, 6.07) is 0. The highest BCUT2D eigenvalue weighted by Crippen LogP contribution is 2.09. The number of rotatable bonds is 5. The molecule has 0 saturated carbocycles. The molecule has 0 amide bonds. The molecule has 1 atom stereocenters. The van der Waals surface area contributed by atoms with Crippen LogP contribution in [-0.4, -0.2) is 37.4 Å². The van der Waals surface area contributed by atoms with Crippen LogP contribution < -0.4 is 0 Å². The van der Waals surface area contributed by atoms with Crippen molar-refractivity contribution in [3.05, 3.63) is 0 Å². The van der Waals surface area contributed by atoms with Crippen LogP contribution in [0.25, 0.3) is 0 Å². The molecular formula is C10H20NO2. The van der Waals surface area contributed by atoms with Gasteiger partial charge in [0.15, 0.2) is 0 Å². The van der Waals surface area contributed by atoms with Crippen LogP contribution in [0.15, 0.2) is 0 Å². The van der Waals surface area contributed by atoms with Gasteiger partial charge >= 0.3 is 0 Å². The van der Waals surface area contributed by atoms with Gasteiger partial charge in [0.05, 0.1) is 13.2 Å². The van der Waals surface area contributed by atoms with Gasteiger partial charge in [-0.05, 0) is 12.8 Å². The number of morpholine rings is 1. The molecule has 1 unspecified atom stereocenters. The van der Waals surface area contributed by atoms with Crippen LogP contribution in [0, 0.1) is 0 Å². The highest BCUT2D eigenvalue weighted by molar-refractivity contribution is 4.65. The van der Waals surface area contributed by atoms with E-state index in [0.29, 0.717) is 0 Å². The largest absolute Gasteiger partial charge is 0.379 e. The van der Waals surface area contributed by atoms with E-state index in [0.717, 1.165) is 39.1 Å². The lowest BCUT2D eigenvalue weighted by Gasteiger charge is -2.29. The van der Waals surface area contributed by atoms with Crippen molar-refractivity contribution in [2.75, 3.05) is 26.3 Å². The monoisotopic (exact) mass is 186 g/mol. The minimum Gasteiger partial charge on any atom is -0.379 e. The molecule has 77 valence electrons. The number of ether oxygens (including phenoxy) is 1. The van der Waals surface area contributed by atoms with E-state index in [1.807, 2.05) is 4.90 Å². The lowest BCUT2D eigenvalue weighted by molar-refractivity contribution is -0.0949. The zero-order valence-electron chi connectivity index (χ0n) is 8.50. The molecule has 0 aromatic rings. The van der Waals surface area contributed by atoms with Gasteiger partial charge in [-0.25, -0.2) is 5.11 Å². The summed E-state index contributed by atoms with van der Waals surface area (Å²) in [6.45, 7) is 5.26. The second-order valence-electron chi connectivity index (χ2n) is 3.60. The molecule has 1 rings (SSSR count). The van der Waals surface area contributed by atoms with Crippen molar-refractivity contribution in [3.63, 3.8) is 0 Å². The summed E-state index contributed by atoms with van der Waals surface area (Å²) >= 11 is 0. The molecule has 1 aliphatic heterocycles. The highest BCUT2D eigenvalue weighted by atomic mass is 16.5. The zero-order chi connectivity index (χ0) is 9.52. The summed E-state index contributed by atoms with van der Waals surface area (Å²) in [5.74, 6) is 0. The zero-order valence-corrected chi connectivity index (χ0v) is 8.50. The van der Waals surface area contributed by atoms with Crippen molar-refractivity contribution in [1.82, 2.24) is 4.90 Å². The minimum atomic E-state index is -0.490. The van der Waals surface area contributed by atoms with Crippen molar-refractivity contribution in [1.29, 1.82) is 0 Å². The van der Waals surface area contributed by atoms with Crippen LogP contribution in [-0.2, 0) is 9.84 Å². The first-order valence-electron chi connectivity index (χ1n) is 5.32. The summed E-state index contributed by atoms with van der Waals surface area (Å²) in [5, 5.41) is 11.6. The van der Waals surface area contributed by atoms with Crippen molar-refractivity contribution >= 4 is 0 Å². The van der Waals surface area contributed by atoms with Crippen LogP contribution in [0.4, 0.5) is 0 Å². The second kappa shape index (κ2) is 6.35. The maximum Gasteiger partial charge on any atom is 0.146 e. The smallest absolute Gasteiger partial charge is 0.146 e. The Hall–Kier alpha value is -0.120. The van der Waals surface area contributed by atoms with E-state index < -0.39 is 6.23 Å². The van der Waals surface area contributed by atoms with E-state index in [2.05, 4.69) is 6.92 Å². The molecule has 0 aromatic heterocycles. The predicted molar refractivity (Wildman–Crippen MR) is 51.0 cm³/mol. The number of nitrogens with zero attached hydrogens (tertiary/aromatic N) is 1. The lowest BCUT2D eigenvalue weighted by atomic mass is 10.2. The van der Waals surface area contributed by atoms with Crippen LogP contribution in [0.5, 0.6) is 0 Å². The molecule has 1 saturated heterocycles. The molecule has 1 heterocycles. The van der Waals surface area contributed by atoms with Gasteiger partial charge in [-0.2, -0.15) is 0 Å². The average molecular weight is 186 g/mol. The van der Waals surface area contributed by atoms with E-state index in [9.17, 15) is 5.11 Å². The normalized spacial score (nSPS) is 21.7. The minimum absolute atomic E-state index is 0.490. The Bertz CT molecular complexity index is 124. The van der Waals surface area contributed by atoms with Gasteiger partial charge < -0.3 is 4.74 Å². The Kier molecular flexibility index (Phi) is 5.35. The molecule has 0 aromatic carbocycles. The molecule has 0 aliphatic carbocycles. The van der Waals surface area contributed by atoms with Crippen LogP contribution in [0.2, 0.25) is 0 Å². The third-order valence-corrected chi connectivity index (χ3v) is 2.51. The fourth-order valence-corrected chi connectivity index (χ4v) is 1.62. The summed E-state index contributed by atoms with van der Waals surface area (Å²) in [6.07, 6.45) is 3.75. The molecule has 0 spiro atoms. The van der Waals surface area contributed by atoms with Gasteiger partial charge in [0, 0.05) is 13.1 Å². The average Bonchev–Trinajstić information content (AvgIpc) is 2.19. The van der Waals surface area contributed by atoms with Gasteiger partial charge in [0.1, 0.15) is 6.23 Å². The highest BCUT2D eigenvalue weighted by Gasteiger charge is 2.18. The van der Waals surface area contributed by atoms with Crippen molar-refractivity contribution < 1.29 is 9.84 Å².